The van der Waals surface area contributed by atoms with E-state index in [-0.39, 0.29) is 18.1 Å². The molecule has 0 saturated carbocycles. The number of rotatable bonds is 12. The van der Waals surface area contributed by atoms with Gasteiger partial charge in [-0.25, -0.2) is 4.79 Å². The Kier molecular flexibility index (Phi) is 8.69. The Hall–Kier alpha value is -3.55. The fourth-order valence-electron chi connectivity index (χ4n) is 3.44. The molecule has 7 nitrogen and oxygen atoms in total. The van der Waals surface area contributed by atoms with Crippen LogP contribution < -0.4 is 15.2 Å². The van der Waals surface area contributed by atoms with E-state index >= 15 is 0 Å². The van der Waals surface area contributed by atoms with Gasteiger partial charge in [0.05, 0.1) is 13.2 Å². The first-order valence-corrected chi connectivity index (χ1v) is 10.8. The summed E-state index contributed by atoms with van der Waals surface area (Å²) in [6.45, 7) is 1.44. The summed E-state index contributed by atoms with van der Waals surface area (Å²) < 4.78 is 11.5. The van der Waals surface area contributed by atoms with Gasteiger partial charge in [0, 0.05) is 25.3 Å². The molecule has 7 heteroatoms. The zero-order chi connectivity index (χ0) is 23.6. The molecule has 5 N–H and O–H groups in total. The first-order valence-electron chi connectivity index (χ1n) is 10.8. The van der Waals surface area contributed by atoms with E-state index < -0.39 is 12.1 Å². The Balaban J connectivity index is 1.41. The highest BCUT2D eigenvalue weighted by Crippen LogP contribution is 2.27. The fraction of sp³-hybridized carbons (Fsp3) is 0.269. The lowest BCUT2D eigenvalue weighted by Gasteiger charge is -2.16. The topological polar surface area (TPSA) is 122 Å². The van der Waals surface area contributed by atoms with Gasteiger partial charge in [0.2, 0.25) is 0 Å². The van der Waals surface area contributed by atoms with Crippen molar-refractivity contribution in [1.82, 2.24) is 0 Å². The van der Waals surface area contributed by atoms with E-state index in [1.165, 1.54) is 0 Å². The van der Waals surface area contributed by atoms with Crippen LogP contribution in [0.25, 0.3) is 0 Å². The van der Waals surface area contributed by atoms with Crippen molar-refractivity contribution in [2.45, 2.75) is 24.9 Å². The van der Waals surface area contributed by atoms with Crippen molar-refractivity contribution in [1.29, 1.82) is 0 Å². The van der Waals surface area contributed by atoms with Crippen LogP contribution in [0.1, 0.15) is 29.0 Å². The molecule has 0 spiro atoms. The fourth-order valence-corrected chi connectivity index (χ4v) is 3.44. The summed E-state index contributed by atoms with van der Waals surface area (Å²) in [6.07, 6.45) is -0.652. The van der Waals surface area contributed by atoms with E-state index in [1.807, 2.05) is 36.4 Å². The minimum atomic E-state index is -1.41. The van der Waals surface area contributed by atoms with Crippen molar-refractivity contribution < 1.29 is 29.6 Å². The summed E-state index contributed by atoms with van der Waals surface area (Å²) >= 11 is 0. The Morgan fingerprint density at radius 2 is 1.30 bits per heavy atom. The van der Waals surface area contributed by atoms with Crippen LogP contribution in [-0.4, -0.2) is 47.2 Å². The molecule has 33 heavy (non-hydrogen) atoms. The Morgan fingerprint density at radius 3 is 1.79 bits per heavy atom. The summed E-state index contributed by atoms with van der Waals surface area (Å²) in [5.41, 5.74) is 8.83. The number of benzene rings is 3. The van der Waals surface area contributed by atoms with Gasteiger partial charge < -0.3 is 30.5 Å². The summed E-state index contributed by atoms with van der Waals surface area (Å²) in [5, 5.41) is 27.6. The largest absolute Gasteiger partial charge is 0.508 e. The van der Waals surface area contributed by atoms with Crippen molar-refractivity contribution in [3.63, 3.8) is 0 Å². The van der Waals surface area contributed by atoms with Gasteiger partial charge in [0.1, 0.15) is 17.2 Å². The second-order valence-electron chi connectivity index (χ2n) is 7.70. The van der Waals surface area contributed by atoms with Crippen LogP contribution in [0.15, 0.2) is 72.8 Å². The van der Waals surface area contributed by atoms with Gasteiger partial charge in [-0.1, -0.05) is 36.4 Å². The van der Waals surface area contributed by atoms with E-state index in [0.717, 1.165) is 22.4 Å². The molecule has 3 aromatic rings. The lowest BCUT2D eigenvalue weighted by molar-refractivity contribution is -0.146. The quantitative estimate of drug-likeness (QED) is 0.312. The number of carbonyl (C=O) groups is 1. The zero-order valence-electron chi connectivity index (χ0n) is 18.3. The maximum atomic E-state index is 10.7. The molecule has 0 aliphatic carbocycles. The predicted molar refractivity (Wildman–Crippen MR) is 125 cm³/mol. The molecule has 0 aliphatic heterocycles. The van der Waals surface area contributed by atoms with E-state index in [1.54, 1.807) is 36.4 Å². The minimum absolute atomic E-state index is 0.0480. The Morgan fingerprint density at radius 1 is 0.818 bits per heavy atom. The van der Waals surface area contributed by atoms with E-state index in [0.29, 0.717) is 31.9 Å². The molecule has 2 atom stereocenters. The molecule has 3 aromatic carbocycles. The van der Waals surface area contributed by atoms with Crippen molar-refractivity contribution in [3.05, 3.63) is 89.5 Å². The molecular weight excluding hydrogens is 422 g/mol. The predicted octanol–water partition coefficient (Wildman–Crippen LogP) is 3.32. The summed E-state index contributed by atoms with van der Waals surface area (Å²) in [4.78, 5) is 10.7. The van der Waals surface area contributed by atoms with Crippen molar-refractivity contribution in [2.24, 2.45) is 5.73 Å². The standard InChI is InChI=1S/C26H29NO6/c27-17-24(19-4-8-21(28)9-5-19)20-6-12-23(13-7-20)33-15-1-14-32-22-10-2-18(3-11-22)16-25(29)26(30)31/h2-13,24-25,28-29H,1,14-17,27H2,(H,30,31). The molecule has 0 aliphatic rings. The van der Waals surface area contributed by atoms with Gasteiger partial charge in [0.15, 0.2) is 6.10 Å². The highest BCUT2D eigenvalue weighted by atomic mass is 16.5. The lowest BCUT2D eigenvalue weighted by Crippen LogP contribution is -2.21. The molecular formula is C26H29NO6. The number of ether oxygens (including phenoxy) is 2. The number of aliphatic hydroxyl groups excluding tert-OH is 1. The number of phenolic OH excluding ortho intramolecular Hbond substituents is 1. The zero-order valence-corrected chi connectivity index (χ0v) is 18.3. The number of nitrogens with two attached hydrogens (primary N) is 1. The Bertz CT molecular complexity index is 1000. The molecule has 2 unspecified atom stereocenters. The molecule has 0 radical (unpaired) electrons. The summed E-state index contributed by atoms with van der Waals surface area (Å²) in [5.74, 6) is 0.486. The molecule has 0 heterocycles. The third-order valence-corrected chi connectivity index (χ3v) is 5.28. The minimum Gasteiger partial charge on any atom is -0.508 e. The average molecular weight is 452 g/mol. The van der Waals surface area contributed by atoms with E-state index in [2.05, 4.69) is 0 Å². The first kappa shape index (κ1) is 24.1. The molecule has 0 amide bonds. The highest BCUT2D eigenvalue weighted by molar-refractivity contribution is 5.72. The number of aliphatic hydroxyl groups is 1. The lowest BCUT2D eigenvalue weighted by atomic mass is 9.91. The first-order chi connectivity index (χ1) is 16.0. The SMILES string of the molecule is NCC(c1ccc(O)cc1)c1ccc(OCCCOc2ccc(CC(O)C(=O)O)cc2)cc1. The van der Waals surface area contributed by atoms with Crippen LogP contribution in [0.5, 0.6) is 17.2 Å². The molecule has 0 bridgehead atoms. The highest BCUT2D eigenvalue weighted by Gasteiger charge is 2.14. The smallest absolute Gasteiger partial charge is 0.332 e. The number of hydrogen-bond donors (Lipinski definition) is 4. The van der Waals surface area contributed by atoms with Crippen LogP contribution in [0.3, 0.4) is 0 Å². The van der Waals surface area contributed by atoms with Gasteiger partial charge in [-0.05, 0) is 53.1 Å². The van der Waals surface area contributed by atoms with Gasteiger partial charge in [-0.3, -0.25) is 0 Å². The van der Waals surface area contributed by atoms with Crippen LogP contribution in [0.2, 0.25) is 0 Å². The number of carboxylic acid groups (broad SMARTS) is 1. The van der Waals surface area contributed by atoms with Crippen LogP contribution in [0, 0.1) is 0 Å². The number of aliphatic carboxylic acids is 1. The van der Waals surface area contributed by atoms with Gasteiger partial charge in [-0.15, -0.1) is 0 Å². The molecule has 3 rings (SSSR count). The summed E-state index contributed by atoms with van der Waals surface area (Å²) in [6, 6.07) is 21.9. The monoisotopic (exact) mass is 451 g/mol. The molecule has 0 saturated heterocycles. The number of carboxylic acids is 1. The molecule has 174 valence electrons. The number of hydrogen-bond acceptors (Lipinski definition) is 6. The van der Waals surface area contributed by atoms with Crippen LogP contribution in [0.4, 0.5) is 0 Å². The molecule has 0 fully saturated rings. The third kappa shape index (κ3) is 7.24. The van der Waals surface area contributed by atoms with Crippen molar-refractivity contribution in [2.75, 3.05) is 19.8 Å². The Labute approximate surface area is 193 Å². The second-order valence-corrected chi connectivity index (χ2v) is 7.70. The molecule has 0 aromatic heterocycles. The number of aromatic hydroxyl groups is 1. The van der Waals surface area contributed by atoms with Crippen LogP contribution in [-0.2, 0) is 11.2 Å². The maximum absolute atomic E-state index is 10.7. The van der Waals surface area contributed by atoms with Gasteiger partial charge in [-0.2, -0.15) is 0 Å². The maximum Gasteiger partial charge on any atom is 0.332 e. The number of phenols is 1. The summed E-state index contributed by atoms with van der Waals surface area (Å²) in [7, 11) is 0. The average Bonchev–Trinajstić information content (AvgIpc) is 2.82. The van der Waals surface area contributed by atoms with Gasteiger partial charge >= 0.3 is 5.97 Å². The van der Waals surface area contributed by atoms with Gasteiger partial charge in [0.25, 0.3) is 0 Å². The third-order valence-electron chi connectivity index (χ3n) is 5.28. The van der Waals surface area contributed by atoms with E-state index in [4.69, 9.17) is 20.3 Å². The van der Waals surface area contributed by atoms with Crippen molar-refractivity contribution in [3.8, 4) is 17.2 Å². The van der Waals surface area contributed by atoms with E-state index in [9.17, 15) is 15.0 Å². The normalized spacial score (nSPS) is 12.7. The second kappa shape index (κ2) is 11.9. The van der Waals surface area contributed by atoms with Crippen LogP contribution >= 0.6 is 0 Å². The van der Waals surface area contributed by atoms with Crippen molar-refractivity contribution >= 4 is 5.97 Å².